The van der Waals surface area contributed by atoms with E-state index in [-0.39, 0.29) is 0 Å². The van der Waals surface area contributed by atoms with Crippen LogP contribution in [0.5, 0.6) is 0 Å². The number of likely N-dealkylation sites (tertiary alicyclic amines) is 1. The maximum absolute atomic E-state index is 3.99. The van der Waals surface area contributed by atoms with Crippen LogP contribution in [0, 0.1) is 5.92 Å². The van der Waals surface area contributed by atoms with E-state index >= 15 is 0 Å². The van der Waals surface area contributed by atoms with Gasteiger partial charge < -0.3 is 10.2 Å². The van der Waals surface area contributed by atoms with Gasteiger partial charge in [0.2, 0.25) is 0 Å². The van der Waals surface area contributed by atoms with Crippen molar-refractivity contribution in [3.05, 3.63) is 22.4 Å². The van der Waals surface area contributed by atoms with Crippen molar-refractivity contribution in [2.24, 2.45) is 5.92 Å². The van der Waals surface area contributed by atoms with Gasteiger partial charge in [0.1, 0.15) is 0 Å². The van der Waals surface area contributed by atoms with Crippen LogP contribution >= 0.6 is 11.3 Å². The van der Waals surface area contributed by atoms with Gasteiger partial charge in [-0.2, -0.15) is 0 Å². The molecule has 2 atom stereocenters. The lowest BCUT2D eigenvalue weighted by Gasteiger charge is -2.40. The number of hydrogen-bond acceptors (Lipinski definition) is 3. The van der Waals surface area contributed by atoms with Crippen LogP contribution in [-0.2, 0) is 6.42 Å². The van der Waals surface area contributed by atoms with E-state index < -0.39 is 0 Å². The maximum atomic E-state index is 3.99. The second-order valence-corrected chi connectivity index (χ2v) is 7.97. The Morgan fingerprint density at radius 3 is 2.76 bits per heavy atom. The van der Waals surface area contributed by atoms with E-state index in [0.29, 0.717) is 6.04 Å². The molecule has 2 aliphatic rings. The quantitative estimate of drug-likeness (QED) is 0.887. The smallest absolute Gasteiger partial charge is 0.0200 e. The van der Waals surface area contributed by atoms with Crippen molar-refractivity contribution in [1.82, 2.24) is 10.2 Å². The highest BCUT2D eigenvalue weighted by atomic mass is 32.1. The molecule has 3 heteroatoms. The van der Waals surface area contributed by atoms with Gasteiger partial charge in [0.25, 0.3) is 0 Å². The molecule has 1 saturated heterocycles. The Hall–Kier alpha value is -0.380. The van der Waals surface area contributed by atoms with Gasteiger partial charge in [-0.3, -0.25) is 0 Å². The molecule has 21 heavy (non-hydrogen) atoms. The first-order valence-corrected chi connectivity index (χ1v) is 9.72. The third-order valence-corrected chi connectivity index (χ3v) is 6.11. The topological polar surface area (TPSA) is 15.3 Å². The van der Waals surface area contributed by atoms with Crippen LogP contribution in [0.3, 0.4) is 0 Å². The average Bonchev–Trinajstić information content (AvgIpc) is 3.01. The summed E-state index contributed by atoms with van der Waals surface area (Å²) in [6.45, 7) is 6.06. The standard InChI is InChI=1S/C18H30N2S/c1-2-20-13-15(12-18-9-6-10-21-18)11-17(14-20)19-16-7-4-3-5-8-16/h6,9-10,15-17,19H,2-5,7-8,11-14H2,1H3. The molecule has 2 nitrogen and oxygen atoms in total. The molecular formula is C18H30N2S. The molecule has 2 heterocycles. The summed E-state index contributed by atoms with van der Waals surface area (Å²) in [5.74, 6) is 0.832. The largest absolute Gasteiger partial charge is 0.310 e. The van der Waals surface area contributed by atoms with E-state index in [1.54, 1.807) is 4.88 Å². The Morgan fingerprint density at radius 1 is 1.19 bits per heavy atom. The summed E-state index contributed by atoms with van der Waals surface area (Å²) < 4.78 is 0. The zero-order chi connectivity index (χ0) is 14.5. The second kappa shape index (κ2) is 7.75. The molecule has 1 N–H and O–H groups in total. The number of likely N-dealkylation sites (N-methyl/N-ethyl adjacent to an activating group) is 1. The number of piperidine rings is 1. The van der Waals surface area contributed by atoms with E-state index in [2.05, 4.69) is 34.7 Å². The summed E-state index contributed by atoms with van der Waals surface area (Å²) in [5, 5.41) is 6.21. The van der Waals surface area contributed by atoms with Gasteiger partial charge in [0, 0.05) is 30.1 Å². The van der Waals surface area contributed by atoms with E-state index in [4.69, 9.17) is 0 Å². The Balaban J connectivity index is 1.55. The minimum absolute atomic E-state index is 0.715. The van der Waals surface area contributed by atoms with E-state index in [9.17, 15) is 0 Å². The van der Waals surface area contributed by atoms with Gasteiger partial charge in [-0.15, -0.1) is 11.3 Å². The first kappa shape index (κ1) is 15.5. The van der Waals surface area contributed by atoms with Gasteiger partial charge in [-0.1, -0.05) is 32.3 Å². The fourth-order valence-corrected chi connectivity index (χ4v) is 4.97. The monoisotopic (exact) mass is 306 g/mol. The van der Waals surface area contributed by atoms with Crippen LogP contribution in [-0.4, -0.2) is 36.6 Å². The Bertz CT molecular complexity index is 397. The molecule has 2 unspecified atom stereocenters. The second-order valence-electron chi connectivity index (χ2n) is 6.94. The first-order valence-electron chi connectivity index (χ1n) is 8.84. The molecule has 0 aromatic carbocycles. The van der Waals surface area contributed by atoms with Crippen molar-refractivity contribution in [3.8, 4) is 0 Å². The molecule has 3 rings (SSSR count). The molecule has 1 aromatic rings. The fourth-order valence-electron chi connectivity index (χ4n) is 4.15. The SMILES string of the molecule is CCN1CC(Cc2cccs2)CC(NC2CCCCC2)C1. The van der Waals surface area contributed by atoms with Crippen molar-refractivity contribution in [2.45, 2.75) is 64.0 Å². The van der Waals surface area contributed by atoms with Gasteiger partial charge >= 0.3 is 0 Å². The van der Waals surface area contributed by atoms with Gasteiger partial charge in [0.05, 0.1) is 0 Å². The van der Waals surface area contributed by atoms with Crippen molar-refractivity contribution in [3.63, 3.8) is 0 Å². The third kappa shape index (κ3) is 4.54. The highest BCUT2D eigenvalue weighted by molar-refractivity contribution is 7.09. The van der Waals surface area contributed by atoms with Crippen LogP contribution in [0.15, 0.2) is 17.5 Å². The predicted octanol–water partition coefficient (Wildman–Crippen LogP) is 3.92. The summed E-state index contributed by atoms with van der Waals surface area (Å²) in [7, 11) is 0. The van der Waals surface area contributed by atoms with Crippen LogP contribution in [0.4, 0.5) is 0 Å². The van der Waals surface area contributed by atoms with Gasteiger partial charge in [-0.05, 0) is 49.6 Å². The van der Waals surface area contributed by atoms with Crippen LogP contribution in [0.25, 0.3) is 0 Å². The minimum atomic E-state index is 0.715. The van der Waals surface area contributed by atoms with Crippen LogP contribution < -0.4 is 5.32 Å². The molecule has 1 saturated carbocycles. The molecule has 0 spiro atoms. The van der Waals surface area contributed by atoms with Crippen molar-refractivity contribution in [2.75, 3.05) is 19.6 Å². The molecule has 0 radical (unpaired) electrons. The van der Waals surface area contributed by atoms with Crippen LogP contribution in [0.1, 0.15) is 50.3 Å². The third-order valence-electron chi connectivity index (χ3n) is 5.21. The summed E-state index contributed by atoms with van der Waals surface area (Å²) in [5.41, 5.74) is 0. The maximum Gasteiger partial charge on any atom is 0.0200 e. The summed E-state index contributed by atoms with van der Waals surface area (Å²) >= 11 is 1.92. The highest BCUT2D eigenvalue weighted by Gasteiger charge is 2.28. The normalized spacial score (nSPS) is 28.8. The number of thiophene rings is 1. The van der Waals surface area contributed by atoms with E-state index in [1.165, 1.54) is 64.6 Å². The summed E-state index contributed by atoms with van der Waals surface area (Å²) in [4.78, 5) is 4.22. The van der Waals surface area contributed by atoms with Crippen molar-refractivity contribution in [1.29, 1.82) is 0 Å². The molecular weight excluding hydrogens is 276 g/mol. The lowest BCUT2D eigenvalue weighted by atomic mass is 9.89. The molecule has 0 amide bonds. The Labute approximate surface area is 133 Å². The van der Waals surface area contributed by atoms with Gasteiger partial charge in [0.15, 0.2) is 0 Å². The van der Waals surface area contributed by atoms with Gasteiger partial charge in [-0.25, -0.2) is 0 Å². The van der Waals surface area contributed by atoms with Crippen molar-refractivity contribution < 1.29 is 0 Å². The number of hydrogen-bond donors (Lipinski definition) is 1. The van der Waals surface area contributed by atoms with E-state index in [0.717, 1.165) is 12.0 Å². The molecule has 118 valence electrons. The zero-order valence-electron chi connectivity index (χ0n) is 13.4. The number of nitrogens with zero attached hydrogens (tertiary/aromatic N) is 1. The van der Waals surface area contributed by atoms with Crippen LogP contribution in [0.2, 0.25) is 0 Å². The summed E-state index contributed by atoms with van der Waals surface area (Å²) in [6.07, 6.45) is 9.75. The predicted molar refractivity (Wildman–Crippen MR) is 92.0 cm³/mol. The molecule has 2 fully saturated rings. The first-order chi connectivity index (χ1) is 10.3. The lowest BCUT2D eigenvalue weighted by Crippen LogP contribution is -2.52. The minimum Gasteiger partial charge on any atom is -0.310 e. The Morgan fingerprint density at radius 2 is 2.05 bits per heavy atom. The summed E-state index contributed by atoms with van der Waals surface area (Å²) in [6, 6.07) is 6.01. The molecule has 1 aliphatic carbocycles. The van der Waals surface area contributed by atoms with Crippen molar-refractivity contribution >= 4 is 11.3 Å². The lowest BCUT2D eigenvalue weighted by molar-refractivity contribution is 0.136. The fraction of sp³-hybridized carbons (Fsp3) is 0.778. The Kier molecular flexibility index (Phi) is 5.73. The number of nitrogens with one attached hydrogen (secondary N) is 1. The number of rotatable bonds is 5. The average molecular weight is 307 g/mol. The molecule has 1 aliphatic heterocycles. The van der Waals surface area contributed by atoms with E-state index in [1.807, 2.05) is 11.3 Å². The highest BCUT2D eigenvalue weighted by Crippen LogP contribution is 2.25. The zero-order valence-corrected chi connectivity index (χ0v) is 14.2. The molecule has 0 bridgehead atoms. The molecule has 1 aromatic heterocycles.